The Morgan fingerprint density at radius 1 is 1.04 bits per heavy atom. The zero-order valence-corrected chi connectivity index (χ0v) is 33.3. The lowest BCUT2D eigenvalue weighted by atomic mass is 9.81. The van der Waals surface area contributed by atoms with Gasteiger partial charge in [-0.05, 0) is 71.3 Å². The van der Waals surface area contributed by atoms with Gasteiger partial charge < -0.3 is 20.1 Å². The minimum Gasteiger partial charge on any atom is -0.366 e. The van der Waals surface area contributed by atoms with Crippen LogP contribution in [0, 0.1) is 22.3 Å². The first-order valence-electron chi connectivity index (χ1n) is 18.9. The van der Waals surface area contributed by atoms with Crippen LogP contribution in [0.5, 0.6) is 0 Å². The smallest absolute Gasteiger partial charge is 0.246 e. The summed E-state index contributed by atoms with van der Waals surface area (Å²) in [7, 11) is 1.82. The van der Waals surface area contributed by atoms with E-state index in [0.717, 1.165) is 44.3 Å². The van der Waals surface area contributed by atoms with E-state index >= 15 is 0 Å². The zero-order valence-electron chi connectivity index (χ0n) is 33.3. The van der Waals surface area contributed by atoms with Crippen LogP contribution in [0.15, 0.2) is 41.6 Å². The molecule has 0 bridgehead atoms. The summed E-state index contributed by atoms with van der Waals surface area (Å²) in [5.74, 6) is 0.151. The Balaban J connectivity index is 0.000000483. The van der Waals surface area contributed by atoms with Gasteiger partial charge in [0.05, 0.1) is 31.7 Å². The molecule has 1 aliphatic heterocycles. The molecule has 0 spiro atoms. The van der Waals surface area contributed by atoms with Gasteiger partial charge in [-0.3, -0.25) is 33.8 Å². The lowest BCUT2D eigenvalue weighted by Gasteiger charge is -2.29. The van der Waals surface area contributed by atoms with Crippen molar-refractivity contribution in [1.82, 2.24) is 35.5 Å². The lowest BCUT2D eigenvalue weighted by molar-refractivity contribution is -0.139. The quantitative estimate of drug-likeness (QED) is 0.0509. The highest BCUT2D eigenvalue weighted by molar-refractivity contribution is 6.01. The Kier molecular flexibility index (Phi) is 24.6. The van der Waals surface area contributed by atoms with E-state index in [4.69, 9.17) is 14.4 Å². The summed E-state index contributed by atoms with van der Waals surface area (Å²) in [6.07, 6.45) is 9.71. The van der Waals surface area contributed by atoms with E-state index in [-0.39, 0.29) is 54.9 Å². The summed E-state index contributed by atoms with van der Waals surface area (Å²) >= 11 is 0. The highest BCUT2D eigenvalue weighted by Gasteiger charge is 2.33. The summed E-state index contributed by atoms with van der Waals surface area (Å²) in [4.78, 5) is 56.4. The van der Waals surface area contributed by atoms with E-state index < -0.39 is 0 Å². The third-order valence-corrected chi connectivity index (χ3v) is 8.26. The predicted molar refractivity (Wildman–Crippen MR) is 207 cm³/mol. The molecule has 4 rings (SSSR count). The maximum atomic E-state index is 12.3. The first-order chi connectivity index (χ1) is 25.9. The summed E-state index contributed by atoms with van der Waals surface area (Å²) in [5.41, 5.74) is 6.46. The normalized spacial score (nSPS) is 17.1. The van der Waals surface area contributed by atoms with Gasteiger partial charge in [-0.15, -0.1) is 5.10 Å². The number of likely N-dealkylation sites (tertiary alicyclic amines) is 1. The average Bonchev–Trinajstić information content (AvgIpc) is 3.76. The van der Waals surface area contributed by atoms with Crippen molar-refractivity contribution in [2.75, 3.05) is 33.5 Å². The Morgan fingerprint density at radius 3 is 2.24 bits per heavy atom. The third kappa shape index (κ3) is 20.0. The van der Waals surface area contributed by atoms with E-state index in [2.05, 4.69) is 57.6 Å². The SMILES string of the molecule is CC(Cc1ccccc1)NC(=O)COC/C=N/N(C)COC(C)C.CCC.CCn1cc(CNC(=O)C2CCC(CN3C(=O)CCC3=O)CC2)nn1.N=O. The molecule has 1 atom stereocenters. The molecule has 1 saturated heterocycles. The van der Waals surface area contributed by atoms with Crippen LogP contribution in [-0.4, -0.2) is 100 Å². The van der Waals surface area contributed by atoms with Crippen molar-refractivity contribution in [3.8, 4) is 0 Å². The van der Waals surface area contributed by atoms with Gasteiger partial charge >= 0.3 is 0 Å². The number of nitrogens with one attached hydrogen (secondary N) is 3. The topological polar surface area (TPSA) is 201 Å². The second-order valence-corrected chi connectivity index (χ2v) is 13.6. The maximum absolute atomic E-state index is 12.3. The molecule has 1 aromatic carbocycles. The number of imide groups is 1. The first-order valence-corrected chi connectivity index (χ1v) is 18.9. The van der Waals surface area contributed by atoms with Crippen LogP contribution in [0.4, 0.5) is 0 Å². The van der Waals surface area contributed by atoms with Crippen molar-refractivity contribution in [2.45, 2.75) is 118 Å². The van der Waals surface area contributed by atoms with Gasteiger partial charge in [0.1, 0.15) is 19.0 Å². The van der Waals surface area contributed by atoms with Crippen LogP contribution in [0.3, 0.4) is 0 Å². The van der Waals surface area contributed by atoms with Crippen molar-refractivity contribution >= 4 is 29.8 Å². The van der Waals surface area contributed by atoms with Crippen molar-refractivity contribution in [3.05, 3.63) is 52.7 Å². The number of aromatic nitrogens is 3. The lowest BCUT2D eigenvalue weighted by Crippen LogP contribution is -2.37. The standard InChI is InChI=1S/C18H29N3O3.C17H25N5O3.C3H8.HNO/c1-15(2)24-14-21(4)19-10-11-23-13-18(22)20-16(3)12-17-8-6-5-7-9-17;1-2-21-11-14(19-20-21)9-18-17(25)13-5-3-12(4-6-13)10-22-15(23)7-8-16(22)24;1-3-2;1-2/h5-10,15-16H,11-14H2,1-4H3,(H,20,22);11-13H,2-10H2,1H3,(H,18,25);3H2,1-2H3;1H/b19-10+;;;. The monoisotopic (exact) mass is 757 g/mol. The summed E-state index contributed by atoms with van der Waals surface area (Å²) in [5, 5.41) is 19.6. The molecule has 302 valence electrons. The molecule has 2 fully saturated rings. The largest absolute Gasteiger partial charge is 0.366 e. The molecule has 2 aliphatic rings. The molecule has 1 aromatic heterocycles. The fraction of sp³-hybridized carbons (Fsp3) is 0.658. The number of amides is 4. The molecule has 4 amide bonds. The number of hydrogen-bond acceptors (Lipinski definition) is 12. The van der Waals surface area contributed by atoms with Gasteiger partial charge in [0.25, 0.3) is 0 Å². The molecule has 3 N–H and O–H groups in total. The van der Waals surface area contributed by atoms with Crippen molar-refractivity contribution in [2.24, 2.45) is 16.9 Å². The van der Waals surface area contributed by atoms with Gasteiger partial charge in [-0.2, -0.15) is 10.0 Å². The molecular formula is C38H63N9O7. The number of carbonyl (C=O) groups is 4. The molecule has 16 heteroatoms. The molecule has 16 nitrogen and oxygen atoms in total. The fourth-order valence-corrected chi connectivity index (χ4v) is 5.59. The molecule has 54 heavy (non-hydrogen) atoms. The second kappa shape index (κ2) is 28.0. The van der Waals surface area contributed by atoms with E-state index in [1.54, 1.807) is 15.9 Å². The zero-order chi connectivity index (χ0) is 40.3. The highest BCUT2D eigenvalue weighted by Crippen LogP contribution is 2.30. The van der Waals surface area contributed by atoms with Gasteiger partial charge in [-0.25, -0.2) is 0 Å². The van der Waals surface area contributed by atoms with E-state index in [1.807, 2.05) is 59.1 Å². The number of nitroso groups, excluding NO2 is 1. The van der Waals surface area contributed by atoms with E-state index in [0.29, 0.717) is 38.6 Å². The second-order valence-electron chi connectivity index (χ2n) is 13.6. The molecule has 1 unspecified atom stereocenters. The first kappa shape index (κ1) is 47.5. The minimum atomic E-state index is -0.122. The maximum Gasteiger partial charge on any atom is 0.246 e. The molecule has 2 heterocycles. The van der Waals surface area contributed by atoms with Gasteiger partial charge in [-0.1, -0.05) is 61.4 Å². The van der Waals surface area contributed by atoms with Crippen molar-refractivity contribution < 1.29 is 28.7 Å². The molecule has 1 saturated carbocycles. The van der Waals surface area contributed by atoms with Crippen LogP contribution >= 0.6 is 0 Å². The Labute approximate surface area is 320 Å². The summed E-state index contributed by atoms with van der Waals surface area (Å²) in [6.45, 7) is 14.6. The number of hydrazone groups is 1. The number of ether oxygens (including phenoxy) is 2. The van der Waals surface area contributed by atoms with Gasteiger partial charge in [0.2, 0.25) is 23.6 Å². The van der Waals surface area contributed by atoms with Crippen LogP contribution in [0.1, 0.15) is 97.7 Å². The van der Waals surface area contributed by atoms with Crippen LogP contribution in [-0.2, 0) is 48.2 Å². The van der Waals surface area contributed by atoms with Crippen LogP contribution in [0.2, 0.25) is 0 Å². The molecular weight excluding hydrogens is 694 g/mol. The third-order valence-electron chi connectivity index (χ3n) is 8.26. The van der Waals surface area contributed by atoms with Gasteiger partial charge in [0, 0.05) is 44.9 Å². The number of hydrogen-bond donors (Lipinski definition) is 3. The highest BCUT2D eigenvalue weighted by atomic mass is 16.5. The average molecular weight is 758 g/mol. The van der Waals surface area contributed by atoms with E-state index in [1.165, 1.54) is 16.9 Å². The Bertz CT molecular complexity index is 1370. The Morgan fingerprint density at radius 2 is 1.67 bits per heavy atom. The Hall–Kier alpha value is -4.57. The van der Waals surface area contributed by atoms with Crippen molar-refractivity contribution in [1.29, 1.82) is 5.59 Å². The van der Waals surface area contributed by atoms with Gasteiger partial charge in [0.15, 0.2) is 0 Å². The number of nitrogens with zero attached hydrogens (tertiary/aromatic N) is 6. The molecule has 0 radical (unpaired) electrons. The van der Waals surface area contributed by atoms with Crippen molar-refractivity contribution in [3.63, 3.8) is 0 Å². The predicted octanol–water partition coefficient (Wildman–Crippen LogP) is 4.67. The van der Waals surface area contributed by atoms with E-state index in [9.17, 15) is 19.2 Å². The van der Waals surface area contributed by atoms with Crippen LogP contribution in [0.25, 0.3) is 0 Å². The fourth-order valence-electron chi connectivity index (χ4n) is 5.59. The number of rotatable bonds is 17. The number of aryl methyl sites for hydroxylation is 1. The number of benzene rings is 1. The van der Waals surface area contributed by atoms with Crippen LogP contribution < -0.4 is 10.6 Å². The molecule has 1 aliphatic carbocycles. The molecule has 2 aromatic rings. The summed E-state index contributed by atoms with van der Waals surface area (Å²) in [6, 6.07) is 10.1. The summed E-state index contributed by atoms with van der Waals surface area (Å²) < 4.78 is 12.4. The number of carbonyl (C=O) groups excluding carboxylic acids is 4. The minimum absolute atomic E-state index is 0.00227.